The lowest BCUT2D eigenvalue weighted by Crippen LogP contribution is -2.53. The Hall–Kier alpha value is -3.30. The van der Waals surface area contributed by atoms with Gasteiger partial charge in [-0.1, -0.05) is 67.3 Å². The van der Waals surface area contributed by atoms with E-state index >= 15 is 0 Å². The summed E-state index contributed by atoms with van der Waals surface area (Å²) in [7, 11) is -4.09. The number of aryl methyl sites for hydroxylation is 1. The first-order chi connectivity index (χ1) is 19.7. The molecule has 1 fully saturated rings. The van der Waals surface area contributed by atoms with E-state index in [-0.39, 0.29) is 23.4 Å². The molecule has 1 aliphatic carbocycles. The van der Waals surface area contributed by atoms with Gasteiger partial charge in [-0.05, 0) is 74.9 Å². The molecule has 0 saturated heterocycles. The highest BCUT2D eigenvalue weighted by Gasteiger charge is 2.33. The van der Waals surface area contributed by atoms with Crippen LogP contribution in [0.4, 0.5) is 5.69 Å². The largest absolute Gasteiger partial charge is 0.352 e. The molecule has 7 nitrogen and oxygen atoms in total. The van der Waals surface area contributed by atoms with Crippen LogP contribution >= 0.6 is 11.8 Å². The standard InChI is InChI=1S/C32H39N3O4S2/c1-24-14-16-28(17-15-24)35(41(38,39)30-20-18-29(40-3)19-21-30)23-31(36)34(22-26-10-6-4-7-11-26)25(2)32(37)33-27-12-8-5-9-13-27/h4,6-7,10-11,14-21,25,27H,5,8-9,12-13,22-23H2,1-3H3,(H,33,37)/t25-/m0/s1. The van der Waals surface area contributed by atoms with Crippen LogP contribution in [0.1, 0.15) is 50.2 Å². The molecule has 1 N–H and O–H groups in total. The van der Waals surface area contributed by atoms with Crippen molar-refractivity contribution in [3.63, 3.8) is 0 Å². The smallest absolute Gasteiger partial charge is 0.264 e. The van der Waals surface area contributed by atoms with Crippen LogP contribution in [0, 0.1) is 6.92 Å². The zero-order valence-corrected chi connectivity index (χ0v) is 25.6. The van der Waals surface area contributed by atoms with E-state index in [2.05, 4.69) is 5.32 Å². The van der Waals surface area contributed by atoms with Crippen molar-refractivity contribution in [3.05, 3.63) is 90.0 Å². The Bertz CT molecular complexity index is 1410. The van der Waals surface area contributed by atoms with Crippen LogP contribution in [0.3, 0.4) is 0 Å². The van der Waals surface area contributed by atoms with Crippen molar-refractivity contribution in [2.75, 3.05) is 17.1 Å². The highest BCUT2D eigenvalue weighted by atomic mass is 32.2. The number of hydrogen-bond acceptors (Lipinski definition) is 5. The van der Waals surface area contributed by atoms with Gasteiger partial charge in [0.1, 0.15) is 12.6 Å². The fraction of sp³-hybridized carbons (Fsp3) is 0.375. The minimum Gasteiger partial charge on any atom is -0.352 e. The number of nitrogens with one attached hydrogen (secondary N) is 1. The van der Waals surface area contributed by atoms with Crippen molar-refractivity contribution in [1.29, 1.82) is 0 Å². The van der Waals surface area contributed by atoms with E-state index in [0.29, 0.717) is 5.69 Å². The summed E-state index contributed by atoms with van der Waals surface area (Å²) in [5.41, 5.74) is 2.22. The minimum atomic E-state index is -4.09. The van der Waals surface area contributed by atoms with Gasteiger partial charge in [0.25, 0.3) is 10.0 Å². The summed E-state index contributed by atoms with van der Waals surface area (Å²) in [4.78, 5) is 30.0. The van der Waals surface area contributed by atoms with Crippen LogP contribution < -0.4 is 9.62 Å². The number of carbonyl (C=O) groups excluding carboxylic acids is 2. The summed E-state index contributed by atoms with van der Waals surface area (Å²) in [6, 6.07) is 22.5. The Morgan fingerprint density at radius 3 is 2.17 bits per heavy atom. The van der Waals surface area contributed by atoms with Crippen molar-refractivity contribution in [2.45, 2.75) is 74.4 Å². The predicted molar refractivity (Wildman–Crippen MR) is 165 cm³/mol. The van der Waals surface area contributed by atoms with Crippen molar-refractivity contribution < 1.29 is 18.0 Å². The second-order valence-electron chi connectivity index (χ2n) is 10.5. The summed E-state index contributed by atoms with van der Waals surface area (Å²) in [5, 5.41) is 3.13. The molecule has 3 aromatic rings. The van der Waals surface area contributed by atoms with Crippen LogP contribution in [0.25, 0.3) is 0 Å². The van der Waals surface area contributed by atoms with Gasteiger partial charge in [-0.2, -0.15) is 0 Å². The maximum atomic E-state index is 14.1. The second kappa shape index (κ2) is 14.0. The number of carbonyl (C=O) groups is 2. The van der Waals surface area contributed by atoms with Gasteiger partial charge in [0, 0.05) is 17.5 Å². The Morgan fingerprint density at radius 2 is 1.56 bits per heavy atom. The number of rotatable bonds is 11. The summed E-state index contributed by atoms with van der Waals surface area (Å²) in [5.74, 6) is -0.677. The number of benzene rings is 3. The maximum absolute atomic E-state index is 14.1. The highest BCUT2D eigenvalue weighted by molar-refractivity contribution is 7.98. The molecule has 1 saturated carbocycles. The topological polar surface area (TPSA) is 86.8 Å². The number of amides is 2. The fourth-order valence-corrected chi connectivity index (χ4v) is 6.87. The first kappa shape index (κ1) is 30.7. The Kier molecular flexibility index (Phi) is 10.5. The molecule has 218 valence electrons. The Morgan fingerprint density at radius 1 is 0.927 bits per heavy atom. The van der Waals surface area contributed by atoms with E-state index in [1.54, 1.807) is 43.3 Å². The SMILES string of the molecule is CSc1ccc(S(=O)(=O)N(CC(=O)N(Cc2ccccc2)[C@@H](C)C(=O)NC2CCCCC2)c2ccc(C)cc2)cc1. The first-order valence-electron chi connectivity index (χ1n) is 14.1. The molecule has 1 aliphatic rings. The normalized spacial score (nSPS) is 14.7. The van der Waals surface area contributed by atoms with Gasteiger partial charge in [0.05, 0.1) is 10.6 Å². The summed E-state index contributed by atoms with van der Waals surface area (Å²) >= 11 is 1.52. The monoisotopic (exact) mass is 593 g/mol. The highest BCUT2D eigenvalue weighted by Crippen LogP contribution is 2.27. The molecule has 9 heteroatoms. The molecule has 41 heavy (non-hydrogen) atoms. The molecule has 0 unspecified atom stereocenters. The molecule has 0 bridgehead atoms. The first-order valence-corrected chi connectivity index (χ1v) is 16.7. The van der Waals surface area contributed by atoms with E-state index in [1.807, 2.05) is 55.6 Å². The quantitative estimate of drug-likeness (QED) is 0.285. The van der Waals surface area contributed by atoms with E-state index < -0.39 is 28.5 Å². The van der Waals surface area contributed by atoms with Gasteiger partial charge in [0.2, 0.25) is 11.8 Å². The maximum Gasteiger partial charge on any atom is 0.264 e. The summed E-state index contributed by atoms with van der Waals surface area (Å²) in [6.07, 6.45) is 7.11. The molecule has 1 atom stereocenters. The molecule has 0 aromatic heterocycles. The minimum absolute atomic E-state index is 0.0982. The van der Waals surface area contributed by atoms with E-state index in [4.69, 9.17) is 0 Å². The number of sulfonamides is 1. The van der Waals surface area contributed by atoms with E-state index in [0.717, 1.165) is 46.0 Å². The van der Waals surface area contributed by atoms with Gasteiger partial charge >= 0.3 is 0 Å². The fourth-order valence-electron chi connectivity index (χ4n) is 5.05. The van der Waals surface area contributed by atoms with Crippen LogP contribution in [-0.4, -0.2) is 50.0 Å². The van der Waals surface area contributed by atoms with Crippen LogP contribution in [0.5, 0.6) is 0 Å². The molecule has 0 radical (unpaired) electrons. The molecule has 2 amide bonds. The third-order valence-corrected chi connectivity index (χ3v) is 10.1. The summed E-state index contributed by atoms with van der Waals surface area (Å²) < 4.78 is 29.1. The van der Waals surface area contributed by atoms with Gasteiger partial charge in [-0.3, -0.25) is 13.9 Å². The van der Waals surface area contributed by atoms with Gasteiger partial charge < -0.3 is 10.2 Å². The third-order valence-electron chi connectivity index (χ3n) is 7.56. The predicted octanol–water partition coefficient (Wildman–Crippen LogP) is 5.78. The molecular weight excluding hydrogens is 555 g/mol. The van der Waals surface area contributed by atoms with Crippen molar-refractivity contribution in [2.24, 2.45) is 0 Å². The lowest BCUT2D eigenvalue weighted by molar-refractivity contribution is -0.139. The van der Waals surface area contributed by atoms with Gasteiger partial charge in [-0.25, -0.2) is 8.42 Å². The Labute approximate surface area is 248 Å². The number of nitrogens with zero attached hydrogens (tertiary/aromatic N) is 2. The zero-order valence-electron chi connectivity index (χ0n) is 24.0. The Balaban J connectivity index is 1.65. The van der Waals surface area contributed by atoms with Crippen LogP contribution in [0.2, 0.25) is 0 Å². The molecular formula is C32H39N3O4S2. The average molecular weight is 594 g/mol. The van der Waals surface area contributed by atoms with Crippen LogP contribution in [-0.2, 0) is 26.2 Å². The van der Waals surface area contributed by atoms with Crippen molar-refractivity contribution in [1.82, 2.24) is 10.2 Å². The molecule has 0 aliphatic heterocycles. The molecule has 0 heterocycles. The molecule has 0 spiro atoms. The number of thioether (sulfide) groups is 1. The van der Waals surface area contributed by atoms with Gasteiger partial charge in [0.15, 0.2) is 0 Å². The van der Waals surface area contributed by atoms with Gasteiger partial charge in [-0.15, -0.1) is 11.8 Å². The molecule has 4 rings (SSSR count). The zero-order chi connectivity index (χ0) is 29.4. The summed E-state index contributed by atoms with van der Waals surface area (Å²) in [6.45, 7) is 3.38. The third kappa shape index (κ3) is 7.92. The lowest BCUT2D eigenvalue weighted by Gasteiger charge is -2.33. The number of anilines is 1. The van der Waals surface area contributed by atoms with E-state index in [9.17, 15) is 18.0 Å². The number of hydrogen-bond donors (Lipinski definition) is 1. The van der Waals surface area contributed by atoms with Crippen molar-refractivity contribution >= 4 is 39.3 Å². The lowest BCUT2D eigenvalue weighted by atomic mass is 9.95. The molecule has 3 aromatic carbocycles. The van der Waals surface area contributed by atoms with Crippen molar-refractivity contribution in [3.8, 4) is 0 Å². The second-order valence-corrected chi connectivity index (χ2v) is 13.3. The van der Waals surface area contributed by atoms with Crippen LogP contribution in [0.15, 0.2) is 88.7 Å². The average Bonchev–Trinajstić information content (AvgIpc) is 2.99. The van der Waals surface area contributed by atoms with E-state index in [1.165, 1.54) is 23.1 Å².